The van der Waals surface area contributed by atoms with Crippen LogP contribution in [0.2, 0.25) is 0 Å². The lowest BCUT2D eigenvalue weighted by atomic mass is 10.3. The number of hydrogen-bond donors (Lipinski definition) is 2. The van der Waals surface area contributed by atoms with Gasteiger partial charge in [0.1, 0.15) is 10.6 Å². The van der Waals surface area contributed by atoms with E-state index in [2.05, 4.69) is 45.6 Å². The van der Waals surface area contributed by atoms with Gasteiger partial charge in [0, 0.05) is 30.4 Å². The Morgan fingerprint density at radius 3 is 2.95 bits per heavy atom. The summed E-state index contributed by atoms with van der Waals surface area (Å²) in [7, 11) is 1.83. The third kappa shape index (κ3) is 2.97. The summed E-state index contributed by atoms with van der Waals surface area (Å²) in [6, 6.07) is 4.27. The standard InChI is InChI=1S/C14H18N6S/c1-9(8-20-6-4-5-16-20)17-12-11-7-10(2)21-13(11)19-14(15-3)18-12/h4-7,9H,8H2,1-3H3,(H2,15,17,18,19). The zero-order chi connectivity index (χ0) is 14.8. The summed E-state index contributed by atoms with van der Waals surface area (Å²) in [5.74, 6) is 1.51. The highest BCUT2D eigenvalue weighted by atomic mass is 32.1. The van der Waals surface area contributed by atoms with Crippen molar-refractivity contribution in [2.24, 2.45) is 0 Å². The Kier molecular flexibility index (Phi) is 3.74. The quantitative estimate of drug-likeness (QED) is 0.758. The molecule has 1 atom stereocenters. The molecule has 0 aliphatic rings. The lowest BCUT2D eigenvalue weighted by Gasteiger charge is -2.15. The molecular formula is C14H18N6S. The molecule has 7 heteroatoms. The van der Waals surface area contributed by atoms with Crippen molar-refractivity contribution >= 4 is 33.3 Å². The van der Waals surface area contributed by atoms with E-state index in [1.165, 1.54) is 4.88 Å². The van der Waals surface area contributed by atoms with Crippen LogP contribution >= 0.6 is 11.3 Å². The molecule has 0 aromatic carbocycles. The van der Waals surface area contributed by atoms with Gasteiger partial charge in [-0.1, -0.05) is 0 Å². The maximum Gasteiger partial charge on any atom is 0.225 e. The van der Waals surface area contributed by atoms with Crippen molar-refractivity contribution < 1.29 is 0 Å². The van der Waals surface area contributed by atoms with Crippen molar-refractivity contribution in [1.29, 1.82) is 0 Å². The van der Waals surface area contributed by atoms with E-state index in [9.17, 15) is 0 Å². The fraction of sp³-hybridized carbons (Fsp3) is 0.357. The molecule has 3 heterocycles. The summed E-state index contributed by atoms with van der Waals surface area (Å²) in [6.45, 7) is 4.99. The van der Waals surface area contributed by atoms with Crippen molar-refractivity contribution in [2.45, 2.75) is 26.4 Å². The van der Waals surface area contributed by atoms with Gasteiger partial charge >= 0.3 is 0 Å². The van der Waals surface area contributed by atoms with Crippen molar-refractivity contribution in [1.82, 2.24) is 19.7 Å². The molecule has 3 aromatic heterocycles. The highest BCUT2D eigenvalue weighted by molar-refractivity contribution is 7.18. The maximum absolute atomic E-state index is 4.55. The number of thiophene rings is 1. The summed E-state index contributed by atoms with van der Waals surface area (Å²) in [5, 5.41) is 11.8. The van der Waals surface area contributed by atoms with Gasteiger partial charge in [-0.3, -0.25) is 4.68 Å². The average Bonchev–Trinajstić information content (AvgIpc) is 3.06. The molecule has 110 valence electrons. The fourth-order valence-corrected chi connectivity index (χ4v) is 3.11. The van der Waals surface area contributed by atoms with Crippen molar-refractivity contribution in [3.63, 3.8) is 0 Å². The van der Waals surface area contributed by atoms with Gasteiger partial charge in [-0.25, -0.2) is 4.98 Å². The second kappa shape index (κ2) is 5.69. The number of fused-ring (bicyclic) bond motifs is 1. The van der Waals surface area contributed by atoms with E-state index < -0.39 is 0 Å². The van der Waals surface area contributed by atoms with Crippen LogP contribution in [0.3, 0.4) is 0 Å². The van der Waals surface area contributed by atoms with Crippen LogP contribution < -0.4 is 10.6 Å². The topological polar surface area (TPSA) is 67.7 Å². The van der Waals surface area contributed by atoms with Crippen LogP contribution in [0, 0.1) is 6.92 Å². The highest BCUT2D eigenvalue weighted by Gasteiger charge is 2.12. The molecule has 0 saturated heterocycles. The largest absolute Gasteiger partial charge is 0.365 e. The normalized spacial score (nSPS) is 12.5. The number of aromatic nitrogens is 4. The van der Waals surface area contributed by atoms with Gasteiger partial charge in [0.15, 0.2) is 0 Å². The van der Waals surface area contributed by atoms with Gasteiger partial charge in [-0.05, 0) is 26.0 Å². The van der Waals surface area contributed by atoms with Gasteiger partial charge < -0.3 is 10.6 Å². The van der Waals surface area contributed by atoms with Gasteiger partial charge in [0.2, 0.25) is 5.95 Å². The summed E-state index contributed by atoms with van der Waals surface area (Å²) in [4.78, 5) is 11.3. The molecule has 0 bridgehead atoms. The van der Waals surface area contributed by atoms with Crippen molar-refractivity contribution in [3.05, 3.63) is 29.4 Å². The van der Waals surface area contributed by atoms with Crippen LogP contribution in [0.4, 0.5) is 11.8 Å². The SMILES string of the molecule is CNc1nc(NC(C)Cn2cccn2)c2cc(C)sc2n1. The van der Waals surface area contributed by atoms with Crippen LogP contribution in [0.5, 0.6) is 0 Å². The number of hydrogen-bond acceptors (Lipinski definition) is 6. The molecule has 2 N–H and O–H groups in total. The minimum absolute atomic E-state index is 0.216. The first kappa shape index (κ1) is 13.8. The van der Waals surface area contributed by atoms with Crippen molar-refractivity contribution in [3.8, 4) is 0 Å². The van der Waals surface area contributed by atoms with Gasteiger partial charge in [-0.2, -0.15) is 10.1 Å². The van der Waals surface area contributed by atoms with Crippen LogP contribution in [0.15, 0.2) is 24.5 Å². The molecule has 1 unspecified atom stereocenters. The summed E-state index contributed by atoms with van der Waals surface area (Å²) in [6.07, 6.45) is 3.75. The van der Waals surface area contributed by atoms with Crippen LogP contribution in [-0.2, 0) is 6.54 Å². The first-order valence-electron chi connectivity index (χ1n) is 6.85. The van der Waals surface area contributed by atoms with E-state index in [1.807, 2.05) is 24.0 Å². The first-order chi connectivity index (χ1) is 10.2. The Labute approximate surface area is 127 Å². The second-order valence-electron chi connectivity index (χ2n) is 5.00. The van der Waals surface area contributed by atoms with E-state index in [-0.39, 0.29) is 6.04 Å². The Morgan fingerprint density at radius 2 is 2.24 bits per heavy atom. The van der Waals surface area contributed by atoms with E-state index in [1.54, 1.807) is 17.5 Å². The van der Waals surface area contributed by atoms with E-state index in [4.69, 9.17) is 0 Å². The van der Waals surface area contributed by atoms with E-state index >= 15 is 0 Å². The molecule has 0 aliphatic heterocycles. The minimum Gasteiger partial charge on any atom is -0.365 e. The Hall–Kier alpha value is -2.15. The number of nitrogens with zero attached hydrogens (tertiary/aromatic N) is 4. The Bertz CT molecular complexity index is 733. The van der Waals surface area contributed by atoms with Crippen LogP contribution in [0.1, 0.15) is 11.8 Å². The first-order valence-corrected chi connectivity index (χ1v) is 7.67. The zero-order valence-electron chi connectivity index (χ0n) is 12.3. The highest BCUT2D eigenvalue weighted by Crippen LogP contribution is 2.29. The molecule has 0 aliphatic carbocycles. The average molecular weight is 302 g/mol. The zero-order valence-corrected chi connectivity index (χ0v) is 13.1. The predicted octanol–water partition coefficient (Wildman–Crippen LogP) is 2.74. The molecule has 0 radical (unpaired) electrons. The van der Waals surface area contributed by atoms with Gasteiger partial charge in [0.05, 0.1) is 11.9 Å². The Balaban J connectivity index is 1.88. The third-order valence-corrected chi connectivity index (χ3v) is 4.09. The molecule has 6 nitrogen and oxygen atoms in total. The van der Waals surface area contributed by atoms with Gasteiger partial charge in [-0.15, -0.1) is 11.3 Å². The van der Waals surface area contributed by atoms with E-state index in [0.29, 0.717) is 5.95 Å². The number of anilines is 2. The molecular weight excluding hydrogens is 284 g/mol. The van der Waals surface area contributed by atoms with Crippen LogP contribution in [-0.4, -0.2) is 32.8 Å². The van der Waals surface area contributed by atoms with Gasteiger partial charge in [0.25, 0.3) is 0 Å². The molecule has 0 saturated carbocycles. The monoisotopic (exact) mass is 302 g/mol. The smallest absolute Gasteiger partial charge is 0.225 e. The molecule has 0 spiro atoms. The number of nitrogens with one attached hydrogen (secondary N) is 2. The summed E-state index contributed by atoms with van der Waals surface area (Å²) in [5.41, 5.74) is 0. The summed E-state index contributed by atoms with van der Waals surface area (Å²) >= 11 is 1.68. The predicted molar refractivity (Wildman–Crippen MR) is 87.0 cm³/mol. The summed E-state index contributed by atoms with van der Waals surface area (Å²) < 4.78 is 1.91. The van der Waals surface area contributed by atoms with Crippen molar-refractivity contribution in [2.75, 3.05) is 17.7 Å². The number of aryl methyl sites for hydroxylation is 1. The minimum atomic E-state index is 0.216. The molecule has 0 fully saturated rings. The van der Waals surface area contributed by atoms with E-state index in [0.717, 1.165) is 22.6 Å². The fourth-order valence-electron chi connectivity index (χ4n) is 2.23. The lowest BCUT2D eigenvalue weighted by Crippen LogP contribution is -2.23. The number of rotatable bonds is 5. The second-order valence-corrected chi connectivity index (χ2v) is 6.23. The van der Waals surface area contributed by atoms with Crippen LogP contribution in [0.25, 0.3) is 10.2 Å². The molecule has 3 rings (SSSR count). The third-order valence-electron chi connectivity index (χ3n) is 3.14. The maximum atomic E-state index is 4.55. The molecule has 0 amide bonds. The Morgan fingerprint density at radius 1 is 1.38 bits per heavy atom. The lowest BCUT2D eigenvalue weighted by molar-refractivity contribution is 0.560. The molecule has 21 heavy (non-hydrogen) atoms. The molecule has 3 aromatic rings.